The second-order valence-corrected chi connectivity index (χ2v) is 9.36. The van der Waals surface area contributed by atoms with Gasteiger partial charge in [-0.15, -0.1) is 0 Å². The molecule has 3 rings (SSSR count). The first-order chi connectivity index (χ1) is 9.55. The summed E-state index contributed by atoms with van der Waals surface area (Å²) in [5.41, 5.74) is 2.02. The van der Waals surface area contributed by atoms with E-state index < -0.39 is 0 Å². The van der Waals surface area contributed by atoms with Gasteiger partial charge in [-0.2, -0.15) is 5.10 Å². The summed E-state index contributed by atoms with van der Waals surface area (Å²) in [5, 5.41) is 6.88. The minimum absolute atomic E-state index is 0.0369. The summed E-state index contributed by atoms with van der Waals surface area (Å²) in [6, 6.07) is 0. The summed E-state index contributed by atoms with van der Waals surface area (Å²) in [7, 11) is 0. The quantitative estimate of drug-likeness (QED) is 0.676. The van der Waals surface area contributed by atoms with Crippen molar-refractivity contribution in [2.24, 2.45) is 15.9 Å². The standard InChI is InChI=1S/C17H29BN2O/c1-15(2)8-14-7-13(9-19-20(14)12-15)18-11-16(3,4)10-17(5,6)21-18/h7,9,13H,8,10-12H2,1-6H3. The van der Waals surface area contributed by atoms with E-state index in [0.29, 0.717) is 16.6 Å². The van der Waals surface area contributed by atoms with Crippen molar-refractivity contribution in [1.82, 2.24) is 5.01 Å². The van der Waals surface area contributed by atoms with E-state index >= 15 is 0 Å². The van der Waals surface area contributed by atoms with Crippen molar-refractivity contribution in [3.05, 3.63) is 11.8 Å². The molecule has 3 aliphatic heterocycles. The lowest BCUT2D eigenvalue weighted by atomic mass is 9.45. The van der Waals surface area contributed by atoms with Gasteiger partial charge < -0.3 is 4.65 Å². The maximum absolute atomic E-state index is 6.39. The molecular weight excluding hydrogens is 259 g/mol. The predicted octanol–water partition coefficient (Wildman–Crippen LogP) is 4.19. The van der Waals surface area contributed by atoms with Crippen LogP contribution in [0.4, 0.5) is 0 Å². The SMILES string of the molecule is CC1(C)CC2=CC(B3CC(C)(C)CC(C)(C)O3)C=NN2C1. The molecule has 0 aliphatic carbocycles. The number of hydrogen-bond acceptors (Lipinski definition) is 3. The monoisotopic (exact) mass is 288 g/mol. The number of allylic oxidation sites excluding steroid dienone is 2. The van der Waals surface area contributed by atoms with Crippen LogP contribution in [0.3, 0.4) is 0 Å². The third-order valence-corrected chi connectivity index (χ3v) is 4.89. The fourth-order valence-electron chi connectivity index (χ4n) is 4.51. The Balaban J connectivity index is 1.79. The Morgan fingerprint density at radius 1 is 1.19 bits per heavy atom. The zero-order chi connectivity index (χ0) is 15.5. The van der Waals surface area contributed by atoms with Crippen LogP contribution in [0.2, 0.25) is 12.1 Å². The summed E-state index contributed by atoms with van der Waals surface area (Å²) < 4.78 is 6.39. The molecule has 1 atom stereocenters. The van der Waals surface area contributed by atoms with E-state index in [2.05, 4.69) is 58.8 Å². The molecule has 0 aromatic carbocycles. The number of hydrazone groups is 1. The molecule has 0 amide bonds. The van der Waals surface area contributed by atoms with Crippen molar-refractivity contribution < 1.29 is 4.65 Å². The predicted molar refractivity (Wildman–Crippen MR) is 89.6 cm³/mol. The molecule has 3 nitrogen and oxygen atoms in total. The number of rotatable bonds is 1. The van der Waals surface area contributed by atoms with Crippen molar-refractivity contribution in [3.63, 3.8) is 0 Å². The average molecular weight is 288 g/mol. The third-order valence-electron chi connectivity index (χ3n) is 4.89. The Morgan fingerprint density at radius 2 is 1.90 bits per heavy atom. The fraction of sp³-hybridized carbons (Fsp3) is 0.824. The Bertz CT molecular complexity index is 477. The van der Waals surface area contributed by atoms with Crippen LogP contribution in [0.5, 0.6) is 0 Å². The minimum atomic E-state index is -0.0369. The van der Waals surface area contributed by atoms with Crippen molar-refractivity contribution in [1.29, 1.82) is 0 Å². The Kier molecular flexibility index (Phi) is 3.33. The molecule has 3 aliphatic rings. The van der Waals surface area contributed by atoms with E-state index in [9.17, 15) is 0 Å². The zero-order valence-corrected chi connectivity index (χ0v) is 14.4. The molecule has 21 heavy (non-hydrogen) atoms. The molecule has 3 heterocycles. The smallest absolute Gasteiger partial charge is 0.306 e. The van der Waals surface area contributed by atoms with Crippen molar-refractivity contribution in [2.45, 2.75) is 72.1 Å². The first-order valence-electron chi connectivity index (χ1n) is 8.26. The Hall–Kier alpha value is -0.765. The van der Waals surface area contributed by atoms with E-state index in [-0.39, 0.29) is 12.5 Å². The van der Waals surface area contributed by atoms with Crippen LogP contribution in [-0.4, -0.2) is 30.3 Å². The van der Waals surface area contributed by atoms with Gasteiger partial charge in [-0.25, -0.2) is 0 Å². The Morgan fingerprint density at radius 3 is 2.57 bits per heavy atom. The van der Waals surface area contributed by atoms with Gasteiger partial charge in [-0.1, -0.05) is 33.8 Å². The van der Waals surface area contributed by atoms with Crippen molar-refractivity contribution in [2.75, 3.05) is 6.54 Å². The Labute approximate surface area is 129 Å². The summed E-state index contributed by atoms with van der Waals surface area (Å²) >= 11 is 0. The fourth-order valence-corrected chi connectivity index (χ4v) is 4.51. The van der Waals surface area contributed by atoms with Gasteiger partial charge in [0.2, 0.25) is 0 Å². The average Bonchev–Trinajstić information content (AvgIpc) is 2.57. The number of fused-ring (bicyclic) bond motifs is 1. The summed E-state index contributed by atoms with van der Waals surface area (Å²) in [4.78, 5) is 0. The highest BCUT2D eigenvalue weighted by Gasteiger charge is 2.45. The van der Waals surface area contributed by atoms with Crippen molar-refractivity contribution >= 4 is 13.1 Å². The van der Waals surface area contributed by atoms with Crippen LogP contribution in [-0.2, 0) is 4.65 Å². The lowest BCUT2D eigenvalue weighted by molar-refractivity contribution is 0.0310. The van der Waals surface area contributed by atoms with Gasteiger partial charge in [0.05, 0.1) is 0 Å². The van der Waals surface area contributed by atoms with Gasteiger partial charge in [0.25, 0.3) is 0 Å². The van der Waals surface area contributed by atoms with Gasteiger partial charge in [0.15, 0.2) is 0 Å². The van der Waals surface area contributed by atoms with Crippen LogP contribution >= 0.6 is 0 Å². The summed E-state index contributed by atoms with van der Waals surface area (Å²) in [6.45, 7) is 15.1. The van der Waals surface area contributed by atoms with Crippen LogP contribution in [0.1, 0.15) is 54.4 Å². The number of nitrogens with zero attached hydrogens (tertiary/aromatic N) is 2. The second-order valence-electron chi connectivity index (χ2n) is 9.36. The molecule has 1 unspecified atom stereocenters. The number of hydrogen-bond donors (Lipinski definition) is 0. The van der Waals surface area contributed by atoms with Crippen LogP contribution in [0.15, 0.2) is 16.9 Å². The summed E-state index contributed by atoms with van der Waals surface area (Å²) in [6.07, 6.45) is 7.87. The van der Waals surface area contributed by atoms with E-state index in [0.717, 1.165) is 25.7 Å². The highest BCUT2D eigenvalue weighted by atomic mass is 16.5. The summed E-state index contributed by atoms with van der Waals surface area (Å²) in [5.74, 6) is 0.323. The lowest BCUT2D eigenvalue weighted by Crippen LogP contribution is -2.47. The normalized spacial score (nSPS) is 32.9. The van der Waals surface area contributed by atoms with Gasteiger partial charge in [-0.3, -0.25) is 5.01 Å². The molecule has 2 fully saturated rings. The van der Waals surface area contributed by atoms with Gasteiger partial charge in [-0.05, 0) is 43.8 Å². The lowest BCUT2D eigenvalue weighted by Gasteiger charge is -2.45. The van der Waals surface area contributed by atoms with Crippen LogP contribution in [0.25, 0.3) is 0 Å². The third kappa shape index (κ3) is 3.20. The van der Waals surface area contributed by atoms with E-state index in [1.807, 2.05) is 0 Å². The molecular formula is C17H29BN2O. The minimum Gasteiger partial charge on any atom is -0.430 e. The van der Waals surface area contributed by atoms with E-state index in [1.54, 1.807) is 0 Å². The first-order valence-corrected chi connectivity index (χ1v) is 8.26. The topological polar surface area (TPSA) is 24.8 Å². The van der Waals surface area contributed by atoms with Crippen LogP contribution < -0.4 is 0 Å². The van der Waals surface area contributed by atoms with E-state index in [4.69, 9.17) is 9.76 Å². The molecule has 0 radical (unpaired) electrons. The zero-order valence-electron chi connectivity index (χ0n) is 14.4. The molecule has 116 valence electrons. The second kappa shape index (κ2) is 4.61. The van der Waals surface area contributed by atoms with Gasteiger partial charge >= 0.3 is 6.92 Å². The van der Waals surface area contributed by atoms with E-state index in [1.165, 1.54) is 5.70 Å². The molecule has 0 bridgehead atoms. The first kappa shape index (κ1) is 15.1. The highest BCUT2D eigenvalue weighted by molar-refractivity contribution is 6.58. The molecule has 0 N–H and O–H groups in total. The molecule has 0 spiro atoms. The molecule has 0 aromatic rings. The van der Waals surface area contributed by atoms with Gasteiger partial charge in [0, 0.05) is 29.9 Å². The largest absolute Gasteiger partial charge is 0.430 e. The van der Waals surface area contributed by atoms with Crippen LogP contribution in [0, 0.1) is 10.8 Å². The molecule has 2 saturated heterocycles. The van der Waals surface area contributed by atoms with Gasteiger partial charge in [0.1, 0.15) is 0 Å². The molecule has 0 saturated carbocycles. The maximum Gasteiger partial charge on any atom is 0.306 e. The maximum atomic E-state index is 6.39. The highest BCUT2D eigenvalue weighted by Crippen LogP contribution is 2.45. The molecule has 0 aromatic heterocycles. The molecule has 4 heteroatoms. The van der Waals surface area contributed by atoms with Crippen molar-refractivity contribution in [3.8, 4) is 0 Å².